The van der Waals surface area contributed by atoms with E-state index in [2.05, 4.69) is 31.2 Å². The first-order valence-corrected chi connectivity index (χ1v) is 7.74. The fraction of sp³-hybridized carbons (Fsp3) is 0.267. The van der Waals surface area contributed by atoms with Crippen LogP contribution in [0.3, 0.4) is 0 Å². The molecule has 0 unspecified atom stereocenters. The van der Waals surface area contributed by atoms with Crippen molar-refractivity contribution >= 4 is 33.3 Å². The predicted octanol–water partition coefficient (Wildman–Crippen LogP) is 2.46. The number of carbonyl (C=O) groups is 1. The molecule has 7 heteroatoms. The largest absolute Gasteiger partial charge is 0.378 e. The first-order chi connectivity index (χ1) is 10.7. The second kappa shape index (κ2) is 6.85. The maximum Gasteiger partial charge on any atom is 0.274 e. The van der Waals surface area contributed by atoms with Gasteiger partial charge in [0.25, 0.3) is 5.91 Å². The highest BCUT2D eigenvalue weighted by molar-refractivity contribution is 9.10. The van der Waals surface area contributed by atoms with Crippen LogP contribution >= 0.6 is 15.9 Å². The smallest absolute Gasteiger partial charge is 0.274 e. The minimum atomic E-state index is -0.108. The molecule has 1 fully saturated rings. The third-order valence-corrected chi connectivity index (χ3v) is 4.00. The van der Waals surface area contributed by atoms with Crippen LogP contribution in [0.5, 0.6) is 0 Å². The molecule has 0 saturated carbocycles. The summed E-state index contributed by atoms with van der Waals surface area (Å²) in [6.45, 7) is 2.33. The van der Waals surface area contributed by atoms with Crippen molar-refractivity contribution in [3.63, 3.8) is 0 Å². The minimum Gasteiger partial charge on any atom is -0.378 e. The molecule has 6 nitrogen and oxygen atoms in total. The van der Waals surface area contributed by atoms with Crippen LogP contribution in [0.2, 0.25) is 0 Å². The van der Waals surface area contributed by atoms with Crippen molar-refractivity contribution in [3.8, 4) is 0 Å². The zero-order chi connectivity index (χ0) is 15.4. The maximum atomic E-state index is 12.3. The summed E-state index contributed by atoms with van der Waals surface area (Å²) in [5.41, 5.74) is 1.24. The number of morpholine rings is 1. The summed E-state index contributed by atoms with van der Waals surface area (Å²) in [6.07, 6.45) is 3.06. The van der Waals surface area contributed by atoms with E-state index in [1.165, 1.54) is 6.20 Å². The zero-order valence-electron chi connectivity index (χ0n) is 11.8. The number of nitrogens with one attached hydrogen (secondary N) is 1. The normalized spacial score (nSPS) is 14.7. The van der Waals surface area contributed by atoms with Gasteiger partial charge in [0.05, 0.1) is 31.3 Å². The Morgan fingerprint density at radius 3 is 2.64 bits per heavy atom. The van der Waals surface area contributed by atoms with Crippen LogP contribution in [0.4, 0.5) is 11.5 Å². The molecular formula is C15H15BrN4O2. The lowest BCUT2D eigenvalue weighted by molar-refractivity contribution is 0.0298. The van der Waals surface area contributed by atoms with Crippen molar-refractivity contribution in [2.45, 2.75) is 0 Å². The van der Waals surface area contributed by atoms with Crippen LogP contribution < -0.4 is 5.32 Å². The molecule has 0 aliphatic carbocycles. The van der Waals surface area contributed by atoms with Crippen LogP contribution in [0, 0.1) is 0 Å². The molecule has 1 aromatic carbocycles. The van der Waals surface area contributed by atoms with Gasteiger partial charge in [0.15, 0.2) is 0 Å². The summed E-state index contributed by atoms with van der Waals surface area (Å²) < 4.78 is 6.17. The van der Waals surface area contributed by atoms with Gasteiger partial charge in [-0.05, 0) is 28.1 Å². The molecule has 0 atom stereocenters. The van der Waals surface area contributed by atoms with Crippen LogP contribution in [-0.4, -0.2) is 47.1 Å². The first kappa shape index (κ1) is 14.9. The monoisotopic (exact) mass is 362 g/mol. The lowest BCUT2D eigenvalue weighted by Crippen LogP contribution is -2.41. The van der Waals surface area contributed by atoms with E-state index in [4.69, 9.17) is 4.74 Å². The number of nitrogens with zero attached hydrogens (tertiary/aromatic N) is 3. The number of hydrogen-bond acceptors (Lipinski definition) is 5. The number of anilines is 2. The van der Waals surface area contributed by atoms with Gasteiger partial charge in [-0.1, -0.05) is 12.1 Å². The number of benzene rings is 1. The van der Waals surface area contributed by atoms with Crippen LogP contribution in [0.1, 0.15) is 10.5 Å². The Morgan fingerprint density at radius 1 is 1.18 bits per heavy atom. The number of ether oxygens (including phenoxy) is 1. The van der Waals surface area contributed by atoms with Gasteiger partial charge in [-0.3, -0.25) is 4.79 Å². The van der Waals surface area contributed by atoms with E-state index in [0.717, 1.165) is 10.2 Å². The number of carbonyl (C=O) groups excluding carboxylic acids is 1. The second-order valence-corrected chi connectivity index (χ2v) is 5.65. The predicted molar refractivity (Wildman–Crippen MR) is 86.2 cm³/mol. The van der Waals surface area contributed by atoms with Crippen molar-refractivity contribution in [3.05, 3.63) is 46.8 Å². The highest BCUT2D eigenvalue weighted by Crippen LogP contribution is 2.24. The summed E-state index contributed by atoms with van der Waals surface area (Å²) in [4.78, 5) is 22.5. The molecule has 1 aromatic heterocycles. The summed E-state index contributed by atoms with van der Waals surface area (Å²) in [5.74, 6) is 0.480. The molecule has 3 rings (SSSR count). The molecule has 0 spiro atoms. The minimum absolute atomic E-state index is 0.108. The van der Waals surface area contributed by atoms with Crippen molar-refractivity contribution in [1.82, 2.24) is 14.9 Å². The number of hydrogen-bond donors (Lipinski definition) is 1. The molecule has 1 aliphatic rings. The number of amides is 1. The van der Waals surface area contributed by atoms with Gasteiger partial charge in [-0.25, -0.2) is 9.97 Å². The summed E-state index contributed by atoms with van der Waals surface area (Å²) in [5, 5.41) is 3.15. The lowest BCUT2D eigenvalue weighted by Gasteiger charge is -2.26. The van der Waals surface area contributed by atoms with Crippen molar-refractivity contribution in [2.75, 3.05) is 31.6 Å². The Hall–Kier alpha value is -1.99. The zero-order valence-corrected chi connectivity index (χ0v) is 13.4. The molecule has 2 heterocycles. The molecule has 114 valence electrons. The maximum absolute atomic E-state index is 12.3. The van der Waals surface area contributed by atoms with Crippen LogP contribution in [0.15, 0.2) is 41.1 Å². The Labute approximate surface area is 136 Å². The SMILES string of the molecule is O=C(c1cnc(Nc2ccccc2Br)cn1)N1CCOCC1. The lowest BCUT2D eigenvalue weighted by atomic mass is 10.3. The molecule has 0 radical (unpaired) electrons. The summed E-state index contributed by atoms with van der Waals surface area (Å²) in [6, 6.07) is 7.73. The molecule has 1 amide bonds. The van der Waals surface area contributed by atoms with Gasteiger partial charge in [-0.2, -0.15) is 0 Å². The van der Waals surface area contributed by atoms with E-state index >= 15 is 0 Å². The van der Waals surface area contributed by atoms with Gasteiger partial charge < -0.3 is 15.0 Å². The van der Waals surface area contributed by atoms with E-state index in [-0.39, 0.29) is 5.91 Å². The van der Waals surface area contributed by atoms with E-state index in [0.29, 0.717) is 37.8 Å². The average molecular weight is 363 g/mol. The summed E-state index contributed by atoms with van der Waals surface area (Å²) in [7, 11) is 0. The number of rotatable bonds is 3. The standard InChI is InChI=1S/C15H15BrN4O2/c16-11-3-1-2-4-12(11)19-14-10-17-13(9-18-14)15(21)20-5-7-22-8-6-20/h1-4,9-10H,5-8H2,(H,18,19). The first-order valence-electron chi connectivity index (χ1n) is 6.94. The number of halogens is 1. The number of para-hydroxylation sites is 1. The Morgan fingerprint density at radius 2 is 1.95 bits per heavy atom. The van der Waals surface area contributed by atoms with Crippen molar-refractivity contribution in [2.24, 2.45) is 0 Å². The molecule has 1 saturated heterocycles. The quantitative estimate of drug-likeness (QED) is 0.908. The fourth-order valence-electron chi connectivity index (χ4n) is 2.13. The van der Waals surface area contributed by atoms with Gasteiger partial charge >= 0.3 is 0 Å². The van der Waals surface area contributed by atoms with E-state index in [1.54, 1.807) is 11.1 Å². The second-order valence-electron chi connectivity index (χ2n) is 4.80. The third kappa shape index (κ3) is 3.42. The van der Waals surface area contributed by atoms with E-state index < -0.39 is 0 Å². The van der Waals surface area contributed by atoms with E-state index in [1.807, 2.05) is 24.3 Å². The van der Waals surface area contributed by atoms with E-state index in [9.17, 15) is 4.79 Å². The number of aromatic nitrogens is 2. The molecule has 1 aliphatic heterocycles. The molecule has 1 N–H and O–H groups in total. The third-order valence-electron chi connectivity index (χ3n) is 3.31. The molecule has 22 heavy (non-hydrogen) atoms. The molecule has 2 aromatic rings. The van der Waals surface area contributed by atoms with Crippen molar-refractivity contribution in [1.29, 1.82) is 0 Å². The van der Waals surface area contributed by atoms with Gasteiger partial charge in [-0.15, -0.1) is 0 Å². The highest BCUT2D eigenvalue weighted by Gasteiger charge is 2.19. The van der Waals surface area contributed by atoms with Gasteiger partial charge in [0.1, 0.15) is 11.5 Å². The average Bonchev–Trinajstić information content (AvgIpc) is 2.58. The summed E-state index contributed by atoms with van der Waals surface area (Å²) >= 11 is 3.46. The van der Waals surface area contributed by atoms with Crippen molar-refractivity contribution < 1.29 is 9.53 Å². The fourth-order valence-corrected chi connectivity index (χ4v) is 2.52. The van der Waals surface area contributed by atoms with Gasteiger partial charge in [0.2, 0.25) is 0 Å². The Kier molecular flexibility index (Phi) is 4.65. The van der Waals surface area contributed by atoms with Gasteiger partial charge in [0, 0.05) is 17.6 Å². The topological polar surface area (TPSA) is 67.4 Å². The van der Waals surface area contributed by atoms with Crippen LogP contribution in [0.25, 0.3) is 0 Å². The Balaban J connectivity index is 1.70. The molecular weight excluding hydrogens is 348 g/mol. The Bertz CT molecular complexity index is 657. The molecule has 0 bridgehead atoms. The van der Waals surface area contributed by atoms with Crippen LogP contribution in [-0.2, 0) is 4.74 Å². The highest BCUT2D eigenvalue weighted by atomic mass is 79.9.